The Balaban J connectivity index is 1.43. The van der Waals surface area contributed by atoms with E-state index in [1.807, 2.05) is 66.7 Å². The summed E-state index contributed by atoms with van der Waals surface area (Å²) >= 11 is 0. The van der Waals surface area contributed by atoms with E-state index in [1.165, 1.54) is 0 Å². The van der Waals surface area contributed by atoms with Gasteiger partial charge in [0.05, 0.1) is 11.3 Å². The van der Waals surface area contributed by atoms with E-state index < -0.39 is 5.97 Å². The van der Waals surface area contributed by atoms with Gasteiger partial charge in [0.2, 0.25) is 0 Å². The van der Waals surface area contributed by atoms with Crippen LogP contribution in [0.4, 0.5) is 17.1 Å². The molecule has 0 saturated heterocycles. The van der Waals surface area contributed by atoms with E-state index >= 15 is 0 Å². The predicted octanol–water partition coefficient (Wildman–Crippen LogP) is 4.18. The van der Waals surface area contributed by atoms with Crippen molar-refractivity contribution in [1.29, 1.82) is 0 Å². The summed E-state index contributed by atoms with van der Waals surface area (Å²) < 4.78 is 5.33. The SMILES string of the molecule is O=C(OCC(=O)N1CCc2ccccc21)c1ccccc1Nc1ccccc1. The van der Waals surface area contributed by atoms with Gasteiger partial charge in [0.25, 0.3) is 5.91 Å². The van der Waals surface area contributed by atoms with Crippen LogP contribution in [0.25, 0.3) is 0 Å². The summed E-state index contributed by atoms with van der Waals surface area (Å²) in [4.78, 5) is 26.8. The second-order valence-electron chi connectivity index (χ2n) is 6.54. The van der Waals surface area contributed by atoms with Crippen molar-refractivity contribution in [1.82, 2.24) is 0 Å². The number of carbonyl (C=O) groups is 2. The molecule has 0 bridgehead atoms. The van der Waals surface area contributed by atoms with Gasteiger partial charge in [-0.3, -0.25) is 4.79 Å². The number of amides is 1. The van der Waals surface area contributed by atoms with Crippen molar-refractivity contribution in [3.63, 3.8) is 0 Å². The maximum absolute atomic E-state index is 12.6. The summed E-state index contributed by atoms with van der Waals surface area (Å²) in [5, 5.41) is 3.21. The van der Waals surface area contributed by atoms with Crippen molar-refractivity contribution >= 4 is 28.9 Å². The molecule has 1 heterocycles. The quantitative estimate of drug-likeness (QED) is 0.683. The number of rotatable bonds is 5. The van der Waals surface area contributed by atoms with Gasteiger partial charge in [-0.15, -0.1) is 0 Å². The van der Waals surface area contributed by atoms with Crippen molar-refractivity contribution in [2.75, 3.05) is 23.4 Å². The number of hydrogen-bond donors (Lipinski definition) is 1. The highest BCUT2D eigenvalue weighted by molar-refractivity contribution is 6.00. The summed E-state index contributed by atoms with van der Waals surface area (Å²) in [6.45, 7) is 0.328. The second-order valence-corrected chi connectivity index (χ2v) is 6.54. The molecule has 4 rings (SSSR count). The zero-order valence-electron chi connectivity index (χ0n) is 15.3. The average Bonchev–Trinajstić information content (AvgIpc) is 3.17. The van der Waals surface area contributed by atoms with E-state index in [4.69, 9.17) is 4.74 Å². The minimum Gasteiger partial charge on any atom is -0.452 e. The molecule has 0 radical (unpaired) electrons. The van der Waals surface area contributed by atoms with E-state index in [-0.39, 0.29) is 12.5 Å². The van der Waals surface area contributed by atoms with Gasteiger partial charge in [-0.25, -0.2) is 4.79 Å². The van der Waals surface area contributed by atoms with Gasteiger partial charge in [0.1, 0.15) is 0 Å². The first-order valence-electron chi connectivity index (χ1n) is 9.19. The fraction of sp³-hybridized carbons (Fsp3) is 0.130. The molecule has 1 amide bonds. The molecule has 0 saturated carbocycles. The summed E-state index contributed by atoms with van der Waals surface area (Å²) in [6, 6.07) is 24.5. The number of carbonyl (C=O) groups excluding carboxylic acids is 2. The van der Waals surface area contributed by atoms with Crippen molar-refractivity contribution in [3.8, 4) is 0 Å². The minimum absolute atomic E-state index is 0.216. The monoisotopic (exact) mass is 372 g/mol. The van der Waals surface area contributed by atoms with Crippen LogP contribution in [-0.2, 0) is 16.0 Å². The maximum atomic E-state index is 12.6. The Kier molecular flexibility index (Phi) is 5.06. The Labute approximate surface area is 163 Å². The normalized spacial score (nSPS) is 12.4. The van der Waals surface area contributed by atoms with Crippen molar-refractivity contribution in [2.45, 2.75) is 6.42 Å². The average molecular weight is 372 g/mol. The Morgan fingerprint density at radius 3 is 2.46 bits per heavy atom. The molecule has 0 unspecified atom stereocenters. The van der Waals surface area contributed by atoms with Gasteiger partial charge in [-0.2, -0.15) is 0 Å². The van der Waals surface area contributed by atoms with Crippen LogP contribution >= 0.6 is 0 Å². The van der Waals surface area contributed by atoms with Gasteiger partial charge >= 0.3 is 5.97 Å². The fourth-order valence-electron chi connectivity index (χ4n) is 3.33. The molecule has 1 aliphatic heterocycles. The highest BCUT2D eigenvalue weighted by Crippen LogP contribution is 2.27. The molecular weight excluding hydrogens is 352 g/mol. The largest absolute Gasteiger partial charge is 0.452 e. The molecule has 0 atom stereocenters. The van der Waals surface area contributed by atoms with Crippen LogP contribution < -0.4 is 10.2 Å². The maximum Gasteiger partial charge on any atom is 0.340 e. The van der Waals surface area contributed by atoms with Crippen LogP contribution in [0, 0.1) is 0 Å². The zero-order chi connectivity index (χ0) is 19.3. The second kappa shape index (κ2) is 7.96. The first-order valence-corrected chi connectivity index (χ1v) is 9.19. The van der Waals surface area contributed by atoms with Gasteiger partial charge in [0.15, 0.2) is 6.61 Å². The third-order valence-electron chi connectivity index (χ3n) is 4.71. The molecule has 5 heteroatoms. The molecule has 0 fully saturated rings. The lowest BCUT2D eigenvalue weighted by Crippen LogP contribution is -2.33. The zero-order valence-corrected chi connectivity index (χ0v) is 15.3. The van der Waals surface area contributed by atoms with E-state index in [1.54, 1.807) is 17.0 Å². The minimum atomic E-state index is -0.528. The molecule has 1 aliphatic rings. The highest BCUT2D eigenvalue weighted by Gasteiger charge is 2.25. The van der Waals surface area contributed by atoms with E-state index in [9.17, 15) is 9.59 Å². The van der Waals surface area contributed by atoms with Gasteiger partial charge in [-0.05, 0) is 42.3 Å². The molecule has 3 aromatic carbocycles. The van der Waals surface area contributed by atoms with Crippen molar-refractivity contribution in [2.24, 2.45) is 0 Å². The number of benzene rings is 3. The summed E-state index contributed by atoms with van der Waals surface area (Å²) in [7, 11) is 0. The lowest BCUT2D eigenvalue weighted by molar-refractivity contribution is -0.121. The summed E-state index contributed by atoms with van der Waals surface area (Å²) in [5.41, 5.74) is 3.93. The smallest absolute Gasteiger partial charge is 0.340 e. The van der Waals surface area contributed by atoms with Crippen LogP contribution in [-0.4, -0.2) is 25.0 Å². The van der Waals surface area contributed by atoms with E-state index in [2.05, 4.69) is 5.32 Å². The number of nitrogens with zero attached hydrogens (tertiary/aromatic N) is 1. The standard InChI is InChI=1S/C23H20N2O3/c26-22(25-15-14-17-8-4-7-13-21(17)25)16-28-23(27)19-11-5-6-12-20(19)24-18-9-2-1-3-10-18/h1-13,24H,14-16H2. The van der Waals surface area contributed by atoms with Gasteiger partial charge in [-0.1, -0.05) is 48.5 Å². The molecule has 5 nitrogen and oxygen atoms in total. The Hall–Kier alpha value is -3.60. The third-order valence-corrected chi connectivity index (χ3v) is 4.71. The third kappa shape index (κ3) is 3.74. The van der Waals surface area contributed by atoms with Gasteiger partial charge < -0.3 is 15.0 Å². The number of ether oxygens (including phenoxy) is 1. The van der Waals surface area contributed by atoms with Crippen molar-refractivity contribution < 1.29 is 14.3 Å². The Morgan fingerprint density at radius 2 is 1.61 bits per heavy atom. The van der Waals surface area contributed by atoms with Crippen LogP contribution in [0.1, 0.15) is 15.9 Å². The molecule has 0 aliphatic carbocycles. The Bertz CT molecular complexity index is 1000. The summed E-state index contributed by atoms with van der Waals surface area (Å²) in [6.07, 6.45) is 0.819. The highest BCUT2D eigenvalue weighted by atomic mass is 16.5. The van der Waals surface area contributed by atoms with E-state index in [0.29, 0.717) is 17.8 Å². The topological polar surface area (TPSA) is 58.6 Å². The molecule has 1 N–H and O–H groups in total. The Morgan fingerprint density at radius 1 is 0.893 bits per heavy atom. The predicted molar refractivity (Wildman–Crippen MR) is 109 cm³/mol. The van der Waals surface area contributed by atoms with Crippen LogP contribution in [0.3, 0.4) is 0 Å². The molecule has 0 aromatic heterocycles. The molecule has 28 heavy (non-hydrogen) atoms. The van der Waals surface area contributed by atoms with Crippen LogP contribution in [0.2, 0.25) is 0 Å². The van der Waals surface area contributed by atoms with Gasteiger partial charge in [0, 0.05) is 17.9 Å². The number of nitrogens with one attached hydrogen (secondary N) is 1. The van der Waals surface area contributed by atoms with Crippen LogP contribution in [0.15, 0.2) is 78.9 Å². The molecule has 0 spiro atoms. The number of anilines is 3. The number of fused-ring (bicyclic) bond motifs is 1. The number of para-hydroxylation sites is 3. The molecule has 3 aromatic rings. The molecule has 140 valence electrons. The number of esters is 1. The first-order chi connectivity index (χ1) is 13.7. The lowest BCUT2D eigenvalue weighted by Gasteiger charge is -2.17. The fourth-order valence-corrected chi connectivity index (χ4v) is 3.33. The lowest BCUT2D eigenvalue weighted by atomic mass is 10.1. The molecular formula is C23H20N2O3. The van der Waals surface area contributed by atoms with Crippen LogP contribution in [0.5, 0.6) is 0 Å². The summed E-state index contributed by atoms with van der Waals surface area (Å²) in [5.74, 6) is -0.744. The van der Waals surface area contributed by atoms with E-state index in [0.717, 1.165) is 23.4 Å². The number of hydrogen-bond acceptors (Lipinski definition) is 4. The van der Waals surface area contributed by atoms with Crippen molar-refractivity contribution in [3.05, 3.63) is 90.0 Å². The first kappa shape index (κ1) is 17.8.